The van der Waals surface area contributed by atoms with Crippen molar-refractivity contribution in [2.24, 2.45) is 0 Å². The third kappa shape index (κ3) is 9.08. The summed E-state index contributed by atoms with van der Waals surface area (Å²) >= 11 is 0. The van der Waals surface area contributed by atoms with Crippen LogP contribution in [0.25, 0.3) is 0 Å². The Labute approximate surface area is 85.7 Å². The zero-order valence-electron chi connectivity index (χ0n) is 8.97. The molecule has 0 spiro atoms. The summed E-state index contributed by atoms with van der Waals surface area (Å²) in [5, 5.41) is 0. The zero-order valence-corrected chi connectivity index (χ0v) is 8.97. The molecule has 14 heavy (non-hydrogen) atoms. The number of carbonyl (C=O) groups excluding carboxylic acids is 1. The normalized spacial score (nSPS) is 9.00. The summed E-state index contributed by atoms with van der Waals surface area (Å²) in [5.74, 6) is 5.59. The monoisotopic (exact) mass is 198 g/mol. The van der Waals surface area contributed by atoms with Crippen molar-refractivity contribution in [3.05, 3.63) is 0 Å². The van der Waals surface area contributed by atoms with Crippen molar-refractivity contribution in [3.63, 3.8) is 0 Å². The van der Waals surface area contributed by atoms with E-state index < -0.39 is 0 Å². The van der Waals surface area contributed by atoms with E-state index in [-0.39, 0.29) is 5.97 Å². The van der Waals surface area contributed by atoms with Crippen LogP contribution in [0.15, 0.2) is 0 Å². The van der Waals surface area contributed by atoms with Crippen LogP contribution in [0.3, 0.4) is 0 Å². The standard InChI is InChI=1S/C11H18O3/c1-3-5-6-7-8-10-13-14-11(12)9-4-2/h3-5,8-10H2,1-2H3. The molecule has 0 aliphatic rings. The first-order valence-electron chi connectivity index (χ1n) is 5.09. The van der Waals surface area contributed by atoms with Crippen molar-refractivity contribution in [3.8, 4) is 11.8 Å². The summed E-state index contributed by atoms with van der Waals surface area (Å²) in [4.78, 5) is 20.0. The molecule has 0 radical (unpaired) electrons. The van der Waals surface area contributed by atoms with Crippen molar-refractivity contribution in [2.45, 2.75) is 46.0 Å². The highest BCUT2D eigenvalue weighted by Crippen LogP contribution is 1.92. The molecule has 0 saturated heterocycles. The Hall–Kier alpha value is -1.01. The maximum Gasteiger partial charge on any atom is 0.342 e. The molecule has 3 heteroatoms. The van der Waals surface area contributed by atoms with Gasteiger partial charge in [0.15, 0.2) is 0 Å². The van der Waals surface area contributed by atoms with Crippen molar-refractivity contribution >= 4 is 5.97 Å². The molecule has 0 atom stereocenters. The molecule has 0 fully saturated rings. The highest BCUT2D eigenvalue weighted by atomic mass is 17.2. The molecule has 0 aromatic heterocycles. The van der Waals surface area contributed by atoms with Gasteiger partial charge in [0.05, 0.1) is 0 Å². The Kier molecular flexibility index (Phi) is 9.35. The quantitative estimate of drug-likeness (QED) is 0.284. The largest absolute Gasteiger partial charge is 0.342 e. The van der Waals surface area contributed by atoms with Crippen molar-refractivity contribution < 1.29 is 14.6 Å². The van der Waals surface area contributed by atoms with E-state index in [1.807, 2.05) is 6.92 Å². The first-order valence-corrected chi connectivity index (χ1v) is 5.09. The molecule has 0 amide bonds. The van der Waals surface area contributed by atoms with E-state index >= 15 is 0 Å². The Morgan fingerprint density at radius 3 is 2.50 bits per heavy atom. The lowest BCUT2D eigenvalue weighted by Gasteiger charge is -1.99. The molecule has 0 saturated carbocycles. The second-order valence-corrected chi connectivity index (χ2v) is 2.88. The fraction of sp³-hybridized carbons (Fsp3) is 0.727. The molecule has 0 aromatic rings. The molecule has 3 nitrogen and oxygen atoms in total. The fourth-order valence-corrected chi connectivity index (χ4v) is 0.748. The van der Waals surface area contributed by atoms with Crippen molar-refractivity contribution in [1.82, 2.24) is 0 Å². The van der Waals surface area contributed by atoms with Crippen LogP contribution < -0.4 is 0 Å². The Morgan fingerprint density at radius 2 is 1.86 bits per heavy atom. The van der Waals surface area contributed by atoms with Crippen LogP contribution in [0.2, 0.25) is 0 Å². The van der Waals surface area contributed by atoms with Gasteiger partial charge in [0.25, 0.3) is 0 Å². The number of rotatable bonds is 6. The van der Waals surface area contributed by atoms with Crippen LogP contribution in [0, 0.1) is 11.8 Å². The van der Waals surface area contributed by atoms with Gasteiger partial charge >= 0.3 is 5.97 Å². The number of hydrogen-bond acceptors (Lipinski definition) is 3. The van der Waals surface area contributed by atoms with Gasteiger partial charge in [-0.25, -0.2) is 4.79 Å². The van der Waals surface area contributed by atoms with Gasteiger partial charge in [-0.05, 0) is 12.8 Å². The molecule has 0 N–H and O–H groups in total. The minimum atomic E-state index is -0.311. The highest BCUT2D eigenvalue weighted by molar-refractivity contribution is 5.68. The third-order valence-corrected chi connectivity index (χ3v) is 1.42. The van der Waals surface area contributed by atoms with Gasteiger partial charge < -0.3 is 0 Å². The first kappa shape index (κ1) is 13.0. The van der Waals surface area contributed by atoms with Crippen LogP contribution >= 0.6 is 0 Å². The van der Waals surface area contributed by atoms with E-state index in [0.717, 1.165) is 19.3 Å². The number of unbranched alkanes of at least 4 members (excludes halogenated alkanes) is 1. The summed E-state index contributed by atoms with van der Waals surface area (Å²) in [7, 11) is 0. The first-order chi connectivity index (χ1) is 6.81. The number of hydrogen-bond donors (Lipinski definition) is 0. The summed E-state index contributed by atoms with van der Waals surface area (Å²) < 4.78 is 0. The van der Waals surface area contributed by atoms with Crippen LogP contribution in [-0.2, 0) is 14.6 Å². The van der Waals surface area contributed by atoms with Gasteiger partial charge in [0, 0.05) is 19.3 Å². The molecular formula is C11H18O3. The summed E-state index contributed by atoms with van der Waals surface area (Å²) in [5.41, 5.74) is 0. The SMILES string of the molecule is CCCC#CCCOOC(=O)CCC. The lowest BCUT2D eigenvalue weighted by molar-refractivity contribution is -0.271. The van der Waals surface area contributed by atoms with Gasteiger partial charge in [-0.3, -0.25) is 4.89 Å². The molecular weight excluding hydrogens is 180 g/mol. The summed E-state index contributed by atoms with van der Waals surface area (Å²) in [6.07, 6.45) is 3.77. The van der Waals surface area contributed by atoms with Gasteiger partial charge in [-0.15, -0.1) is 11.8 Å². The van der Waals surface area contributed by atoms with Gasteiger partial charge in [-0.1, -0.05) is 13.8 Å². The predicted molar refractivity (Wildman–Crippen MR) is 54.3 cm³/mol. The average molecular weight is 198 g/mol. The topological polar surface area (TPSA) is 35.5 Å². The molecule has 0 aromatic carbocycles. The maximum absolute atomic E-state index is 10.8. The van der Waals surface area contributed by atoms with E-state index in [1.54, 1.807) is 0 Å². The van der Waals surface area contributed by atoms with E-state index in [0.29, 0.717) is 19.4 Å². The van der Waals surface area contributed by atoms with Crippen LogP contribution in [0.4, 0.5) is 0 Å². The van der Waals surface area contributed by atoms with Gasteiger partial charge in [0.1, 0.15) is 6.61 Å². The Balaban J connectivity index is 3.22. The molecule has 0 unspecified atom stereocenters. The molecule has 0 bridgehead atoms. The number of carbonyl (C=O) groups is 1. The van der Waals surface area contributed by atoms with Crippen LogP contribution in [-0.4, -0.2) is 12.6 Å². The smallest absolute Gasteiger partial charge is 0.298 e. The third-order valence-electron chi connectivity index (χ3n) is 1.42. The van der Waals surface area contributed by atoms with Gasteiger partial charge in [-0.2, -0.15) is 4.89 Å². The van der Waals surface area contributed by atoms with E-state index in [2.05, 4.69) is 28.5 Å². The lowest BCUT2D eigenvalue weighted by atomic mass is 10.3. The van der Waals surface area contributed by atoms with Crippen molar-refractivity contribution in [1.29, 1.82) is 0 Å². The van der Waals surface area contributed by atoms with E-state index in [4.69, 9.17) is 0 Å². The average Bonchev–Trinajstić information content (AvgIpc) is 2.17. The minimum absolute atomic E-state index is 0.311. The summed E-state index contributed by atoms with van der Waals surface area (Å²) in [6.45, 7) is 4.35. The molecule has 80 valence electrons. The van der Waals surface area contributed by atoms with E-state index in [9.17, 15) is 4.79 Å². The molecule has 0 aliphatic carbocycles. The molecule has 0 aliphatic heterocycles. The zero-order chi connectivity index (χ0) is 10.6. The van der Waals surface area contributed by atoms with Crippen LogP contribution in [0.1, 0.15) is 46.0 Å². The van der Waals surface area contributed by atoms with Crippen LogP contribution in [0.5, 0.6) is 0 Å². The second-order valence-electron chi connectivity index (χ2n) is 2.88. The minimum Gasteiger partial charge on any atom is -0.298 e. The molecule has 0 heterocycles. The maximum atomic E-state index is 10.8. The molecule has 0 rings (SSSR count). The second kappa shape index (κ2) is 10.1. The van der Waals surface area contributed by atoms with Crippen molar-refractivity contribution in [2.75, 3.05) is 6.61 Å². The Morgan fingerprint density at radius 1 is 1.14 bits per heavy atom. The van der Waals surface area contributed by atoms with Gasteiger partial charge in [0.2, 0.25) is 0 Å². The lowest BCUT2D eigenvalue weighted by Crippen LogP contribution is -2.05. The fourth-order valence-electron chi connectivity index (χ4n) is 0.748. The highest BCUT2D eigenvalue weighted by Gasteiger charge is 2.00. The Bertz CT molecular complexity index is 200. The van der Waals surface area contributed by atoms with E-state index in [1.165, 1.54) is 0 Å². The predicted octanol–water partition coefficient (Wildman–Crippen LogP) is 2.45. The summed E-state index contributed by atoms with van der Waals surface area (Å²) in [6, 6.07) is 0.